The van der Waals surface area contributed by atoms with Crippen LogP contribution in [0.15, 0.2) is 88.0 Å². The number of pyridine rings is 1. The highest BCUT2D eigenvalue weighted by Gasteiger charge is 2.26. The molecule has 0 spiro atoms. The Bertz CT molecular complexity index is 1660. The average molecular weight is 600 g/mol. The lowest BCUT2D eigenvalue weighted by atomic mass is 10.1. The minimum atomic E-state index is -0.309. The third-order valence-corrected chi connectivity index (χ3v) is 7.55. The topological polar surface area (TPSA) is 109 Å². The summed E-state index contributed by atoms with van der Waals surface area (Å²) in [5.41, 5.74) is 1.21. The molecule has 0 radical (unpaired) electrons. The number of nitrogens with zero attached hydrogens (tertiary/aromatic N) is 6. The van der Waals surface area contributed by atoms with Gasteiger partial charge in [0.05, 0.1) is 6.20 Å². The van der Waals surface area contributed by atoms with E-state index in [1.165, 1.54) is 4.68 Å². The van der Waals surface area contributed by atoms with Crippen molar-refractivity contribution >= 4 is 44.3 Å². The molecule has 1 fully saturated rings. The van der Waals surface area contributed by atoms with Gasteiger partial charge in [-0.15, -0.1) is 5.10 Å². The maximum atomic E-state index is 13.2. The molecule has 11 heteroatoms. The number of aromatic nitrogens is 4. The van der Waals surface area contributed by atoms with E-state index in [9.17, 15) is 9.59 Å². The molecular weight excluding hydrogens is 574 g/mol. The molecule has 6 rings (SSSR count). The van der Waals surface area contributed by atoms with E-state index in [1.54, 1.807) is 23.2 Å². The zero-order valence-corrected chi connectivity index (χ0v) is 23.1. The second-order valence-corrected chi connectivity index (χ2v) is 10.3. The van der Waals surface area contributed by atoms with E-state index in [4.69, 9.17) is 4.42 Å². The van der Waals surface area contributed by atoms with Crippen molar-refractivity contribution in [2.75, 3.05) is 31.1 Å². The van der Waals surface area contributed by atoms with Crippen molar-refractivity contribution in [3.8, 4) is 0 Å². The second kappa shape index (κ2) is 11.3. The molecule has 2 aromatic carbocycles. The number of amides is 2. The van der Waals surface area contributed by atoms with Gasteiger partial charge in [-0.05, 0) is 29.8 Å². The van der Waals surface area contributed by atoms with Crippen LogP contribution in [0.5, 0.6) is 0 Å². The molecule has 0 saturated carbocycles. The Balaban J connectivity index is 1.04. The number of hydrogen-bond acceptors (Lipinski definition) is 7. The highest BCUT2D eigenvalue weighted by atomic mass is 79.9. The standard InChI is InChI=1S/C29H26BrN7O3/c30-24-8-4-7-23-22(24)11-12-31-27(23)35-13-15-36(16-14-35)29(39)26-10-9-21(40-26)18-37-19-25(33-34-37)28(38)32-17-20-5-2-1-3-6-20/h1-12,19H,13-18H2,(H,32,38). The fourth-order valence-corrected chi connectivity index (χ4v) is 5.27. The number of piperazine rings is 1. The van der Waals surface area contributed by atoms with Gasteiger partial charge >= 0.3 is 0 Å². The first-order valence-corrected chi connectivity index (χ1v) is 13.7. The number of rotatable bonds is 7. The number of carbonyl (C=O) groups excluding carboxylic acids is 2. The van der Waals surface area contributed by atoms with Gasteiger partial charge in [0.1, 0.15) is 18.1 Å². The van der Waals surface area contributed by atoms with Crippen LogP contribution in [0.3, 0.4) is 0 Å². The molecule has 1 saturated heterocycles. The van der Waals surface area contributed by atoms with E-state index in [-0.39, 0.29) is 29.8 Å². The number of benzene rings is 2. The van der Waals surface area contributed by atoms with Gasteiger partial charge in [-0.1, -0.05) is 63.6 Å². The number of hydrogen-bond donors (Lipinski definition) is 1. The van der Waals surface area contributed by atoms with Crippen LogP contribution in [0.2, 0.25) is 0 Å². The molecule has 4 heterocycles. The van der Waals surface area contributed by atoms with Gasteiger partial charge in [-0.25, -0.2) is 9.67 Å². The quantitative estimate of drug-likeness (QED) is 0.299. The molecule has 0 atom stereocenters. The molecule has 0 unspecified atom stereocenters. The Kier molecular flexibility index (Phi) is 7.28. The zero-order chi connectivity index (χ0) is 27.5. The third-order valence-electron chi connectivity index (χ3n) is 6.86. The predicted octanol–water partition coefficient (Wildman–Crippen LogP) is 4.12. The number of halogens is 1. The molecule has 5 aromatic rings. The van der Waals surface area contributed by atoms with Crippen molar-refractivity contribution < 1.29 is 14.0 Å². The lowest BCUT2D eigenvalue weighted by Gasteiger charge is -2.35. The minimum absolute atomic E-state index is 0.154. The van der Waals surface area contributed by atoms with E-state index >= 15 is 0 Å². The average Bonchev–Trinajstić information content (AvgIpc) is 3.66. The number of fused-ring (bicyclic) bond motifs is 1. The van der Waals surface area contributed by atoms with Gasteiger partial charge in [0, 0.05) is 54.2 Å². The molecule has 0 aliphatic carbocycles. The van der Waals surface area contributed by atoms with Gasteiger partial charge in [0.2, 0.25) is 0 Å². The smallest absolute Gasteiger partial charge is 0.289 e. The lowest BCUT2D eigenvalue weighted by molar-refractivity contribution is 0.0712. The van der Waals surface area contributed by atoms with E-state index in [0.29, 0.717) is 38.5 Å². The van der Waals surface area contributed by atoms with Crippen LogP contribution in [-0.2, 0) is 13.1 Å². The van der Waals surface area contributed by atoms with Crippen molar-refractivity contribution in [1.82, 2.24) is 30.2 Å². The Morgan fingerprint density at radius 3 is 2.58 bits per heavy atom. The summed E-state index contributed by atoms with van der Waals surface area (Å²) < 4.78 is 8.39. The summed E-state index contributed by atoms with van der Waals surface area (Å²) in [5, 5.41) is 13.0. The largest absolute Gasteiger partial charge is 0.454 e. The molecule has 3 aromatic heterocycles. The number of nitrogens with one attached hydrogen (secondary N) is 1. The van der Waals surface area contributed by atoms with Gasteiger partial charge in [0.25, 0.3) is 11.8 Å². The number of carbonyl (C=O) groups is 2. The summed E-state index contributed by atoms with van der Waals surface area (Å²) in [4.78, 5) is 34.2. The molecular formula is C29H26BrN7O3. The molecule has 1 aliphatic heterocycles. The lowest BCUT2D eigenvalue weighted by Crippen LogP contribution is -2.49. The van der Waals surface area contributed by atoms with Gasteiger partial charge in [-0.3, -0.25) is 9.59 Å². The Morgan fingerprint density at radius 1 is 0.925 bits per heavy atom. The molecule has 1 N–H and O–H groups in total. The summed E-state index contributed by atoms with van der Waals surface area (Å²) in [7, 11) is 0. The van der Waals surface area contributed by atoms with E-state index in [0.717, 1.165) is 26.6 Å². The van der Waals surface area contributed by atoms with Crippen molar-refractivity contribution in [2.45, 2.75) is 13.1 Å². The summed E-state index contributed by atoms with van der Waals surface area (Å²) in [6, 6.07) is 21.2. The molecule has 1 aliphatic rings. The Hall–Kier alpha value is -4.51. The fraction of sp³-hybridized carbons (Fsp3) is 0.207. The number of anilines is 1. The summed E-state index contributed by atoms with van der Waals surface area (Å²) >= 11 is 3.62. The van der Waals surface area contributed by atoms with Crippen LogP contribution in [0, 0.1) is 0 Å². The zero-order valence-electron chi connectivity index (χ0n) is 21.5. The van der Waals surface area contributed by atoms with Crippen LogP contribution in [0.25, 0.3) is 10.8 Å². The number of furan rings is 1. The Labute approximate surface area is 238 Å². The van der Waals surface area contributed by atoms with Gasteiger partial charge in [-0.2, -0.15) is 0 Å². The van der Waals surface area contributed by atoms with Crippen LogP contribution in [0.4, 0.5) is 5.82 Å². The summed E-state index contributed by atoms with van der Waals surface area (Å²) in [6.45, 7) is 3.12. The highest BCUT2D eigenvalue weighted by molar-refractivity contribution is 9.10. The van der Waals surface area contributed by atoms with Gasteiger partial charge in [0.15, 0.2) is 11.5 Å². The van der Waals surface area contributed by atoms with Crippen LogP contribution >= 0.6 is 15.9 Å². The molecule has 202 valence electrons. The van der Waals surface area contributed by atoms with Crippen LogP contribution in [0.1, 0.15) is 32.4 Å². The maximum absolute atomic E-state index is 13.2. The van der Waals surface area contributed by atoms with Crippen molar-refractivity contribution in [3.05, 3.63) is 106 Å². The van der Waals surface area contributed by atoms with Crippen LogP contribution < -0.4 is 10.2 Å². The first-order chi connectivity index (χ1) is 19.5. The fourth-order valence-electron chi connectivity index (χ4n) is 4.77. The summed E-state index contributed by atoms with van der Waals surface area (Å²) in [5.74, 6) is 1.28. The monoisotopic (exact) mass is 599 g/mol. The normalized spacial score (nSPS) is 13.5. The highest BCUT2D eigenvalue weighted by Crippen LogP contribution is 2.30. The van der Waals surface area contributed by atoms with Crippen molar-refractivity contribution in [1.29, 1.82) is 0 Å². The van der Waals surface area contributed by atoms with Gasteiger partial charge < -0.3 is 19.5 Å². The Morgan fingerprint density at radius 2 is 1.75 bits per heavy atom. The molecule has 2 amide bonds. The van der Waals surface area contributed by atoms with Crippen molar-refractivity contribution in [2.24, 2.45) is 0 Å². The maximum Gasteiger partial charge on any atom is 0.289 e. The first kappa shape index (κ1) is 25.8. The predicted molar refractivity (Wildman–Crippen MR) is 153 cm³/mol. The first-order valence-electron chi connectivity index (χ1n) is 12.9. The molecule has 40 heavy (non-hydrogen) atoms. The molecule has 0 bridgehead atoms. The minimum Gasteiger partial charge on any atom is -0.454 e. The third kappa shape index (κ3) is 5.46. The van der Waals surface area contributed by atoms with E-state index in [1.807, 2.05) is 54.7 Å². The SMILES string of the molecule is O=C(NCc1ccccc1)c1cn(Cc2ccc(C(=O)N3CCN(c4nccc5c(Br)cccc45)CC3)o2)nn1. The van der Waals surface area contributed by atoms with E-state index < -0.39 is 0 Å². The molecule has 10 nitrogen and oxygen atoms in total. The second-order valence-electron chi connectivity index (χ2n) is 9.48. The van der Waals surface area contributed by atoms with Crippen molar-refractivity contribution in [3.63, 3.8) is 0 Å². The summed E-state index contributed by atoms with van der Waals surface area (Å²) in [6.07, 6.45) is 3.38. The van der Waals surface area contributed by atoms with Crippen LogP contribution in [-0.4, -0.2) is 62.9 Å². The van der Waals surface area contributed by atoms with E-state index in [2.05, 4.69) is 47.5 Å².